The van der Waals surface area contributed by atoms with E-state index >= 15 is 0 Å². The van der Waals surface area contributed by atoms with Crippen LogP contribution in [0.2, 0.25) is 5.02 Å². The Morgan fingerprint density at radius 1 is 1.26 bits per heavy atom. The molecule has 5 rings (SSSR count). The summed E-state index contributed by atoms with van der Waals surface area (Å²) in [5.74, 6) is 0.613. The molecule has 1 aromatic carbocycles. The Morgan fingerprint density at radius 2 is 2.09 bits per heavy atom. The molecule has 4 heterocycles. The van der Waals surface area contributed by atoms with Gasteiger partial charge in [0.2, 0.25) is 5.89 Å². The van der Waals surface area contributed by atoms with Crippen LogP contribution in [0.25, 0.3) is 28.0 Å². The highest BCUT2D eigenvalue weighted by Crippen LogP contribution is 2.33. The van der Waals surface area contributed by atoms with E-state index in [1.165, 1.54) is 23.0 Å². The van der Waals surface area contributed by atoms with E-state index in [0.717, 1.165) is 0 Å². The van der Waals surface area contributed by atoms with Crippen LogP contribution < -0.4 is 16.6 Å². The van der Waals surface area contributed by atoms with Crippen molar-refractivity contribution in [2.45, 2.75) is 19.9 Å². The van der Waals surface area contributed by atoms with Crippen LogP contribution >= 0.6 is 11.6 Å². The zero-order chi connectivity index (χ0) is 24.0. The first-order valence-electron chi connectivity index (χ1n) is 10.1. The molecular formula is C21H17ClFN9O2. The molecule has 0 saturated heterocycles. The number of H-pyrrole nitrogens is 1. The fourth-order valence-corrected chi connectivity index (χ4v) is 3.94. The Hall–Kier alpha value is -4.32. The van der Waals surface area contributed by atoms with Gasteiger partial charge in [-0.15, -0.1) is 10.2 Å². The third-order valence-electron chi connectivity index (χ3n) is 5.24. The van der Waals surface area contributed by atoms with Crippen molar-refractivity contribution in [1.82, 2.24) is 34.9 Å². The summed E-state index contributed by atoms with van der Waals surface area (Å²) >= 11 is 6.26. The van der Waals surface area contributed by atoms with E-state index in [1.54, 1.807) is 32.2 Å². The Kier molecular flexibility index (Phi) is 5.21. The van der Waals surface area contributed by atoms with Gasteiger partial charge in [0.15, 0.2) is 5.82 Å². The number of anilines is 2. The minimum absolute atomic E-state index is 0.0499. The zero-order valence-corrected chi connectivity index (χ0v) is 18.6. The number of fused-ring (bicyclic) bond motifs is 1. The topological polar surface area (TPSA) is 153 Å². The van der Waals surface area contributed by atoms with Gasteiger partial charge in [0.25, 0.3) is 11.4 Å². The first-order chi connectivity index (χ1) is 16.3. The first-order valence-corrected chi connectivity index (χ1v) is 10.4. The highest BCUT2D eigenvalue weighted by atomic mass is 35.5. The van der Waals surface area contributed by atoms with Crippen LogP contribution in [-0.4, -0.2) is 34.9 Å². The molecule has 0 aliphatic heterocycles. The molecule has 11 nitrogen and oxygen atoms in total. The predicted molar refractivity (Wildman–Crippen MR) is 123 cm³/mol. The highest BCUT2D eigenvalue weighted by molar-refractivity contribution is 6.35. The molecule has 0 radical (unpaired) electrons. The van der Waals surface area contributed by atoms with Crippen LogP contribution in [0.3, 0.4) is 0 Å². The third kappa shape index (κ3) is 3.53. The number of nitrogens with zero attached hydrogens (tertiary/aromatic N) is 6. The molecule has 5 aromatic rings. The van der Waals surface area contributed by atoms with Crippen molar-refractivity contribution in [3.63, 3.8) is 0 Å². The van der Waals surface area contributed by atoms with Gasteiger partial charge in [0, 0.05) is 24.6 Å². The SMILES string of the molecule is Cc1nnc(-c2c(N)ncnc2NC(C)c2cc3c(F)ccc(Cl)c3c(=O)n2-c2cc[nH]n2)o1. The maximum atomic E-state index is 14.7. The molecule has 1 atom stereocenters. The average molecular weight is 482 g/mol. The molecule has 1 unspecified atom stereocenters. The minimum atomic E-state index is -0.593. The van der Waals surface area contributed by atoms with Gasteiger partial charge >= 0.3 is 0 Å². The van der Waals surface area contributed by atoms with Crippen LogP contribution in [0, 0.1) is 12.7 Å². The van der Waals surface area contributed by atoms with Crippen molar-refractivity contribution in [2.24, 2.45) is 0 Å². The second kappa shape index (κ2) is 8.23. The van der Waals surface area contributed by atoms with Crippen molar-refractivity contribution in [3.05, 3.63) is 69.6 Å². The average Bonchev–Trinajstić information content (AvgIpc) is 3.48. The molecule has 4 N–H and O–H groups in total. The number of benzene rings is 1. The number of nitrogen functional groups attached to an aromatic ring is 1. The second-order valence-electron chi connectivity index (χ2n) is 7.43. The molecule has 0 aliphatic rings. The van der Waals surface area contributed by atoms with Gasteiger partial charge in [-0.1, -0.05) is 11.6 Å². The molecule has 0 spiro atoms. The normalized spacial score (nSPS) is 12.2. The number of hydrogen-bond acceptors (Lipinski definition) is 9. The smallest absolute Gasteiger partial charge is 0.266 e. The molecule has 172 valence electrons. The van der Waals surface area contributed by atoms with Crippen molar-refractivity contribution in [1.29, 1.82) is 0 Å². The summed E-state index contributed by atoms with van der Waals surface area (Å²) in [6.45, 7) is 3.41. The van der Waals surface area contributed by atoms with E-state index in [-0.39, 0.29) is 33.3 Å². The minimum Gasteiger partial charge on any atom is -0.421 e. The van der Waals surface area contributed by atoms with Crippen LogP contribution in [0.1, 0.15) is 24.6 Å². The molecular weight excluding hydrogens is 465 g/mol. The van der Waals surface area contributed by atoms with E-state index in [2.05, 4.69) is 35.7 Å². The van der Waals surface area contributed by atoms with Crippen LogP contribution in [0.5, 0.6) is 0 Å². The van der Waals surface area contributed by atoms with E-state index < -0.39 is 17.4 Å². The van der Waals surface area contributed by atoms with Crippen molar-refractivity contribution in [2.75, 3.05) is 11.1 Å². The first kappa shape index (κ1) is 21.5. The lowest BCUT2D eigenvalue weighted by molar-refractivity contribution is 0.532. The number of aryl methyl sites for hydroxylation is 1. The maximum Gasteiger partial charge on any atom is 0.266 e. The molecule has 13 heteroatoms. The molecule has 34 heavy (non-hydrogen) atoms. The van der Waals surface area contributed by atoms with Gasteiger partial charge in [0.05, 0.1) is 22.1 Å². The van der Waals surface area contributed by atoms with Gasteiger partial charge in [0.1, 0.15) is 29.3 Å². The number of pyridine rings is 1. The predicted octanol–water partition coefficient (Wildman–Crippen LogP) is 3.41. The van der Waals surface area contributed by atoms with Crippen molar-refractivity contribution >= 4 is 34.0 Å². The Balaban J connectivity index is 1.69. The number of aromatic amines is 1. The van der Waals surface area contributed by atoms with Crippen molar-refractivity contribution in [3.8, 4) is 17.3 Å². The monoisotopic (exact) mass is 481 g/mol. The Morgan fingerprint density at radius 3 is 2.79 bits per heavy atom. The summed E-state index contributed by atoms with van der Waals surface area (Å²) < 4.78 is 21.6. The lowest BCUT2D eigenvalue weighted by Gasteiger charge is -2.21. The van der Waals surface area contributed by atoms with Gasteiger partial charge in [-0.25, -0.2) is 14.4 Å². The summed E-state index contributed by atoms with van der Waals surface area (Å²) in [6.07, 6.45) is 2.85. The number of halogens is 2. The van der Waals surface area contributed by atoms with Crippen LogP contribution in [0.15, 0.2) is 46.0 Å². The molecule has 0 saturated carbocycles. The van der Waals surface area contributed by atoms with Gasteiger partial charge in [-0.05, 0) is 25.1 Å². The standard InChI is InChI=1S/C21H17ClFN9O2/c1-9(28-19-17(18(24)25-8-26-19)20-31-29-10(2)34-20)14-7-11-13(23)4-3-12(22)16(11)21(33)32(14)15-5-6-27-30-15/h3-9H,1-2H3,(H,27,30)(H3,24,25,26,28). The highest BCUT2D eigenvalue weighted by Gasteiger charge is 2.23. The summed E-state index contributed by atoms with van der Waals surface area (Å²) in [4.78, 5) is 21.7. The number of aromatic nitrogens is 7. The number of rotatable bonds is 5. The molecule has 0 fully saturated rings. The molecule has 0 bridgehead atoms. The summed E-state index contributed by atoms with van der Waals surface area (Å²) in [7, 11) is 0. The molecule has 0 amide bonds. The zero-order valence-electron chi connectivity index (χ0n) is 17.9. The summed E-state index contributed by atoms with van der Waals surface area (Å²) in [5, 5.41) is 18.1. The number of nitrogens with one attached hydrogen (secondary N) is 2. The fourth-order valence-electron chi connectivity index (χ4n) is 3.70. The lowest BCUT2D eigenvalue weighted by atomic mass is 10.1. The second-order valence-corrected chi connectivity index (χ2v) is 7.84. The maximum absolute atomic E-state index is 14.7. The number of hydrogen-bond donors (Lipinski definition) is 3. The Bertz CT molecular complexity index is 1580. The van der Waals surface area contributed by atoms with Gasteiger partial charge in [-0.3, -0.25) is 14.5 Å². The Labute approximate surface area is 195 Å². The van der Waals surface area contributed by atoms with E-state index in [1.807, 2.05) is 0 Å². The van der Waals surface area contributed by atoms with Gasteiger partial charge < -0.3 is 15.5 Å². The van der Waals surface area contributed by atoms with Crippen LogP contribution in [-0.2, 0) is 0 Å². The van der Waals surface area contributed by atoms with E-state index in [4.69, 9.17) is 21.8 Å². The third-order valence-corrected chi connectivity index (χ3v) is 5.55. The van der Waals surface area contributed by atoms with E-state index in [9.17, 15) is 9.18 Å². The molecule has 4 aromatic heterocycles. The summed E-state index contributed by atoms with van der Waals surface area (Å²) in [6, 6.07) is 5.13. The van der Waals surface area contributed by atoms with Crippen LogP contribution in [0.4, 0.5) is 16.0 Å². The quantitative estimate of drug-likeness (QED) is 0.342. The summed E-state index contributed by atoms with van der Waals surface area (Å²) in [5.41, 5.74) is 6.25. The lowest BCUT2D eigenvalue weighted by Crippen LogP contribution is -2.26. The van der Waals surface area contributed by atoms with Crippen molar-refractivity contribution < 1.29 is 8.81 Å². The molecule has 0 aliphatic carbocycles. The largest absolute Gasteiger partial charge is 0.421 e. The number of nitrogens with two attached hydrogens (primary N) is 1. The van der Waals surface area contributed by atoms with E-state index in [0.29, 0.717) is 23.0 Å². The fraction of sp³-hybridized carbons (Fsp3) is 0.143. The van der Waals surface area contributed by atoms with Gasteiger partial charge in [-0.2, -0.15) is 5.10 Å².